The van der Waals surface area contributed by atoms with Crippen molar-refractivity contribution in [2.24, 2.45) is 22.1 Å². The zero-order valence-corrected chi connectivity index (χ0v) is 34.3. The minimum atomic E-state index is -2.61. The fourth-order valence-electron chi connectivity index (χ4n) is 9.41. The van der Waals surface area contributed by atoms with Gasteiger partial charge in [-0.2, -0.15) is 0 Å². The number of unbranched alkanes of at least 4 members (excludes halogenated alkanes) is 19. The normalized spacial score (nSPS) is 32.7. The van der Waals surface area contributed by atoms with Gasteiger partial charge in [-0.3, -0.25) is 4.21 Å². The summed E-state index contributed by atoms with van der Waals surface area (Å²) in [6, 6.07) is -0.796. The average molecular weight is 774 g/mol. The van der Waals surface area contributed by atoms with E-state index in [1.807, 2.05) is 0 Å². The standard InChI is InChI=1S/C42H79NO9S/c1-3-4-5-6-7-8-9-10-11-12-16-19-22-25-35(45)34(30-50-42-39(48)38(47)37(46)36(29-44)51-42)43-53(2,49)26-23-20-17-14-13-15-18-21-24-31-27-32-28-33(31)41-40(32)52-41/h31-42,44-48H,3-30H2,1-2H3/t31-,32+,33+,34-,35+,36?,37?,38?,39?,40-,41+,42?,53?/m0/s1. The topological polar surface area (TPSA) is 162 Å². The quantitative estimate of drug-likeness (QED) is 0.0368. The third-order valence-electron chi connectivity index (χ3n) is 12.8. The number of aliphatic hydroxyl groups is 5. The average Bonchev–Trinajstić information content (AvgIpc) is 3.75. The van der Waals surface area contributed by atoms with E-state index in [2.05, 4.69) is 11.3 Å². The van der Waals surface area contributed by atoms with E-state index in [-0.39, 0.29) is 6.61 Å². The Morgan fingerprint density at radius 2 is 1.28 bits per heavy atom. The number of hydrogen-bond donors (Lipinski definition) is 5. The van der Waals surface area contributed by atoms with Crippen molar-refractivity contribution in [2.75, 3.05) is 25.2 Å². The Labute approximate surface area is 322 Å². The van der Waals surface area contributed by atoms with Crippen LogP contribution in [0.15, 0.2) is 4.36 Å². The fourth-order valence-corrected chi connectivity index (χ4v) is 11.0. The molecule has 13 atom stereocenters. The number of aliphatic hydroxyl groups excluding tert-OH is 5. The molecule has 5 N–H and O–H groups in total. The summed E-state index contributed by atoms with van der Waals surface area (Å²) in [6.45, 7) is 1.54. The van der Waals surface area contributed by atoms with Crippen molar-refractivity contribution in [1.29, 1.82) is 0 Å². The second-order valence-electron chi connectivity index (χ2n) is 17.3. The van der Waals surface area contributed by atoms with Crippen LogP contribution in [0.4, 0.5) is 0 Å². The van der Waals surface area contributed by atoms with Crippen molar-refractivity contribution >= 4 is 9.73 Å². The lowest BCUT2D eigenvalue weighted by Gasteiger charge is -2.40. The predicted octanol–water partition coefficient (Wildman–Crippen LogP) is 7.05. The first-order chi connectivity index (χ1) is 25.6. The third kappa shape index (κ3) is 15.5. The van der Waals surface area contributed by atoms with Gasteiger partial charge in [-0.1, -0.05) is 142 Å². The van der Waals surface area contributed by atoms with Crippen molar-refractivity contribution in [3.05, 3.63) is 0 Å². The molecule has 4 fully saturated rings. The molecule has 11 heteroatoms. The van der Waals surface area contributed by atoms with Crippen molar-refractivity contribution in [3.63, 3.8) is 0 Å². The largest absolute Gasteiger partial charge is 0.394 e. The van der Waals surface area contributed by atoms with Crippen LogP contribution >= 0.6 is 0 Å². The van der Waals surface area contributed by atoms with Crippen molar-refractivity contribution in [2.45, 2.75) is 223 Å². The van der Waals surface area contributed by atoms with Gasteiger partial charge in [0.1, 0.15) is 30.5 Å². The molecule has 2 bridgehead atoms. The molecule has 4 aliphatic rings. The molecular weight excluding hydrogens is 695 g/mol. The van der Waals surface area contributed by atoms with Crippen LogP contribution in [0.5, 0.6) is 0 Å². The zero-order chi connectivity index (χ0) is 38.1. The Hall–Kier alpha value is -0.370. The first-order valence-electron chi connectivity index (χ1n) is 22.1. The maximum atomic E-state index is 13.7. The molecule has 6 unspecified atom stereocenters. The molecular formula is C42H79NO9S. The van der Waals surface area contributed by atoms with Crippen LogP contribution in [0.1, 0.15) is 167 Å². The van der Waals surface area contributed by atoms with Gasteiger partial charge in [0.25, 0.3) is 0 Å². The van der Waals surface area contributed by atoms with Crippen LogP contribution in [0, 0.1) is 17.8 Å². The van der Waals surface area contributed by atoms with E-state index >= 15 is 0 Å². The smallest absolute Gasteiger partial charge is 0.186 e. The highest BCUT2D eigenvalue weighted by atomic mass is 32.2. The van der Waals surface area contributed by atoms with E-state index in [9.17, 15) is 29.7 Å². The SMILES string of the molecule is CCCCCCCCCCCCCCC[C@@H](O)[C@H](COC1OC(CO)C(O)C(O)C1O)N=S(C)(=O)CCCCCCCCCC[C@H]1C[C@@H]2C[C@H]1[C@H]1O[C@@H]21. The van der Waals surface area contributed by atoms with E-state index in [0.717, 1.165) is 56.3 Å². The molecule has 53 heavy (non-hydrogen) atoms. The van der Waals surface area contributed by atoms with E-state index in [1.54, 1.807) is 6.26 Å². The molecule has 4 rings (SSSR count). The molecule has 0 spiro atoms. The molecule has 2 aliphatic heterocycles. The van der Waals surface area contributed by atoms with Crippen molar-refractivity contribution in [1.82, 2.24) is 0 Å². The van der Waals surface area contributed by atoms with Gasteiger partial charge in [0.05, 0.1) is 31.5 Å². The second kappa shape index (κ2) is 24.4. The highest BCUT2D eigenvalue weighted by Gasteiger charge is 2.62. The lowest BCUT2D eigenvalue weighted by Crippen LogP contribution is -2.59. The zero-order valence-electron chi connectivity index (χ0n) is 33.5. The molecule has 0 aromatic carbocycles. The van der Waals surface area contributed by atoms with Crippen LogP contribution in [-0.4, -0.2) is 110 Å². The first-order valence-corrected chi connectivity index (χ1v) is 24.2. The van der Waals surface area contributed by atoms with Crippen LogP contribution in [0.25, 0.3) is 0 Å². The van der Waals surface area contributed by atoms with Crippen LogP contribution in [0.3, 0.4) is 0 Å². The Morgan fingerprint density at radius 3 is 1.85 bits per heavy atom. The van der Waals surface area contributed by atoms with Gasteiger partial charge in [-0.25, -0.2) is 4.36 Å². The molecule has 2 saturated heterocycles. The summed E-state index contributed by atoms with van der Waals surface area (Å²) in [6.07, 6.45) is 25.1. The lowest BCUT2D eigenvalue weighted by molar-refractivity contribution is -0.302. The first kappa shape index (κ1) is 45.3. The maximum Gasteiger partial charge on any atom is 0.186 e. The molecule has 0 amide bonds. The Kier molecular flexibility index (Phi) is 20.9. The van der Waals surface area contributed by atoms with Crippen molar-refractivity contribution < 1.29 is 44.0 Å². The van der Waals surface area contributed by atoms with E-state index in [4.69, 9.17) is 14.2 Å². The summed E-state index contributed by atoms with van der Waals surface area (Å²) in [5.41, 5.74) is 0. The van der Waals surface area contributed by atoms with Crippen LogP contribution in [-0.2, 0) is 23.9 Å². The lowest BCUT2D eigenvalue weighted by atomic mass is 9.85. The molecule has 10 nitrogen and oxygen atoms in total. The number of epoxide rings is 1. The summed E-state index contributed by atoms with van der Waals surface area (Å²) in [7, 11) is -2.61. The Balaban J connectivity index is 1.12. The van der Waals surface area contributed by atoms with Gasteiger partial charge in [0.2, 0.25) is 0 Å². The monoisotopic (exact) mass is 774 g/mol. The number of hydrogen-bond acceptors (Lipinski definition) is 10. The van der Waals surface area contributed by atoms with Gasteiger partial charge in [0, 0.05) is 21.7 Å². The second-order valence-corrected chi connectivity index (χ2v) is 19.8. The molecule has 0 aromatic rings. The van der Waals surface area contributed by atoms with Gasteiger partial charge in [-0.15, -0.1) is 0 Å². The van der Waals surface area contributed by atoms with Crippen LogP contribution < -0.4 is 0 Å². The molecule has 0 radical (unpaired) electrons. The minimum absolute atomic E-state index is 0.163. The molecule has 2 saturated carbocycles. The number of fused-ring (bicyclic) bond motifs is 5. The Morgan fingerprint density at radius 1 is 0.717 bits per heavy atom. The maximum absolute atomic E-state index is 13.7. The summed E-state index contributed by atoms with van der Waals surface area (Å²) in [4.78, 5) is 0. The molecule has 2 aliphatic carbocycles. The number of rotatable bonds is 31. The van der Waals surface area contributed by atoms with Gasteiger partial charge in [0.15, 0.2) is 6.29 Å². The van der Waals surface area contributed by atoms with E-state index in [1.165, 1.54) is 116 Å². The molecule has 2 heterocycles. The highest BCUT2D eigenvalue weighted by Crippen LogP contribution is 2.59. The summed E-state index contributed by atoms with van der Waals surface area (Å²) in [5, 5.41) is 51.6. The molecule has 312 valence electrons. The Bertz CT molecular complexity index is 1100. The minimum Gasteiger partial charge on any atom is -0.394 e. The van der Waals surface area contributed by atoms with E-state index in [0.29, 0.717) is 24.4 Å². The summed E-state index contributed by atoms with van der Waals surface area (Å²) < 4.78 is 35.4. The van der Waals surface area contributed by atoms with Crippen molar-refractivity contribution in [3.8, 4) is 0 Å². The van der Waals surface area contributed by atoms with Gasteiger partial charge in [-0.05, 0) is 43.4 Å². The van der Waals surface area contributed by atoms with E-state index < -0.39 is 59.2 Å². The summed E-state index contributed by atoms with van der Waals surface area (Å²) in [5.74, 6) is 3.10. The van der Waals surface area contributed by atoms with Gasteiger partial charge < -0.3 is 39.7 Å². The highest BCUT2D eigenvalue weighted by molar-refractivity contribution is 7.92. The van der Waals surface area contributed by atoms with Crippen LogP contribution in [0.2, 0.25) is 0 Å². The molecule has 0 aromatic heterocycles. The fraction of sp³-hybridized carbons (Fsp3) is 1.00. The number of nitrogens with zero attached hydrogens (tertiary/aromatic N) is 1. The van der Waals surface area contributed by atoms with Gasteiger partial charge >= 0.3 is 0 Å². The number of ether oxygens (including phenoxy) is 3. The third-order valence-corrected chi connectivity index (χ3v) is 14.5. The summed E-state index contributed by atoms with van der Waals surface area (Å²) >= 11 is 0. The predicted molar refractivity (Wildman–Crippen MR) is 211 cm³/mol.